The molecule has 0 spiro atoms. The van der Waals surface area contributed by atoms with Gasteiger partial charge in [0.15, 0.2) is 0 Å². The monoisotopic (exact) mass is 301 g/mol. The molecular formula is C15H12ClN3O2. The Morgan fingerprint density at radius 2 is 2.00 bits per heavy atom. The van der Waals surface area contributed by atoms with Crippen LogP contribution in [0.25, 0.3) is 22.8 Å². The number of rotatable bonds is 3. The van der Waals surface area contributed by atoms with E-state index in [1.54, 1.807) is 25.3 Å². The summed E-state index contributed by atoms with van der Waals surface area (Å²) in [4.78, 5) is 4.36. The lowest BCUT2D eigenvalue weighted by atomic mass is 10.2. The van der Waals surface area contributed by atoms with Gasteiger partial charge >= 0.3 is 0 Å². The summed E-state index contributed by atoms with van der Waals surface area (Å²) in [7, 11) is 1.60. The fraction of sp³-hybridized carbons (Fsp3) is 0.0667. The molecule has 2 aromatic carbocycles. The molecule has 3 rings (SSSR count). The minimum absolute atomic E-state index is 0.327. The molecule has 1 heterocycles. The number of ether oxygens (including phenoxy) is 1. The minimum atomic E-state index is 0.327. The average molecular weight is 302 g/mol. The molecule has 2 N–H and O–H groups in total. The highest BCUT2D eigenvalue weighted by Crippen LogP contribution is 2.31. The van der Waals surface area contributed by atoms with Crippen LogP contribution in [0.2, 0.25) is 5.02 Å². The molecule has 0 atom stereocenters. The lowest BCUT2D eigenvalue weighted by molar-refractivity contribution is 0.414. The Morgan fingerprint density at radius 1 is 1.19 bits per heavy atom. The third kappa shape index (κ3) is 2.55. The Morgan fingerprint density at radius 3 is 2.81 bits per heavy atom. The highest BCUT2D eigenvalue weighted by atomic mass is 35.5. The molecule has 0 saturated carbocycles. The zero-order valence-corrected chi connectivity index (χ0v) is 12.0. The number of aromatic nitrogens is 2. The van der Waals surface area contributed by atoms with E-state index in [0.717, 1.165) is 11.3 Å². The molecule has 0 aliphatic heterocycles. The van der Waals surface area contributed by atoms with Gasteiger partial charge in [-0.2, -0.15) is 4.98 Å². The molecular weight excluding hydrogens is 290 g/mol. The molecule has 0 saturated heterocycles. The van der Waals surface area contributed by atoms with E-state index in [1.807, 2.05) is 24.3 Å². The Labute approximate surface area is 126 Å². The zero-order chi connectivity index (χ0) is 14.8. The standard InChI is InChI=1S/C15H12ClN3O2/c1-20-10-5-2-4-9(8-10)14-18-15(21-19-14)11-6-3-7-12(16)13(11)17/h2-8H,17H2,1H3. The topological polar surface area (TPSA) is 74.2 Å². The molecule has 0 fully saturated rings. The second-order valence-corrected chi connectivity index (χ2v) is 4.76. The molecule has 5 nitrogen and oxygen atoms in total. The van der Waals surface area contributed by atoms with E-state index in [2.05, 4.69) is 10.1 Å². The number of anilines is 1. The van der Waals surface area contributed by atoms with Crippen LogP contribution in [-0.2, 0) is 0 Å². The Bertz CT molecular complexity index is 786. The van der Waals surface area contributed by atoms with Crippen LogP contribution in [0.3, 0.4) is 0 Å². The molecule has 3 aromatic rings. The number of nitrogens with zero attached hydrogens (tertiary/aromatic N) is 2. The van der Waals surface area contributed by atoms with Crippen LogP contribution in [0.5, 0.6) is 5.75 Å². The first kappa shape index (κ1) is 13.5. The Balaban J connectivity index is 2.01. The summed E-state index contributed by atoms with van der Waals surface area (Å²) in [6.45, 7) is 0. The lowest BCUT2D eigenvalue weighted by Gasteiger charge is -2.01. The van der Waals surface area contributed by atoms with Gasteiger partial charge in [0.05, 0.1) is 23.4 Å². The van der Waals surface area contributed by atoms with E-state index in [0.29, 0.717) is 28.0 Å². The number of nitrogen functional groups attached to an aromatic ring is 1. The van der Waals surface area contributed by atoms with Gasteiger partial charge in [-0.3, -0.25) is 0 Å². The molecule has 21 heavy (non-hydrogen) atoms. The summed E-state index contributed by atoms with van der Waals surface area (Å²) in [5.41, 5.74) is 7.76. The van der Waals surface area contributed by atoms with Crippen molar-refractivity contribution in [3.05, 3.63) is 47.5 Å². The van der Waals surface area contributed by atoms with Crippen LogP contribution in [0.1, 0.15) is 0 Å². The second kappa shape index (κ2) is 5.46. The van der Waals surface area contributed by atoms with Gasteiger partial charge in [-0.15, -0.1) is 0 Å². The second-order valence-electron chi connectivity index (χ2n) is 4.36. The molecule has 6 heteroatoms. The Kier molecular flexibility index (Phi) is 3.50. The first-order valence-corrected chi connectivity index (χ1v) is 6.59. The average Bonchev–Trinajstić information content (AvgIpc) is 3.00. The molecule has 0 aliphatic rings. The maximum atomic E-state index is 6.00. The van der Waals surface area contributed by atoms with Crippen molar-refractivity contribution in [2.24, 2.45) is 0 Å². The summed E-state index contributed by atoms with van der Waals surface area (Å²) in [5, 5.41) is 4.42. The van der Waals surface area contributed by atoms with Gasteiger partial charge in [0, 0.05) is 5.56 Å². The first-order chi connectivity index (χ1) is 10.2. The maximum Gasteiger partial charge on any atom is 0.260 e. The van der Waals surface area contributed by atoms with Gasteiger partial charge < -0.3 is 15.0 Å². The van der Waals surface area contributed by atoms with Crippen molar-refractivity contribution in [3.8, 4) is 28.6 Å². The molecule has 0 radical (unpaired) electrons. The largest absolute Gasteiger partial charge is 0.497 e. The third-order valence-corrected chi connectivity index (χ3v) is 3.37. The Hall–Kier alpha value is -2.53. The van der Waals surface area contributed by atoms with E-state index >= 15 is 0 Å². The third-order valence-electron chi connectivity index (χ3n) is 3.04. The first-order valence-electron chi connectivity index (χ1n) is 6.21. The molecule has 0 unspecified atom stereocenters. The van der Waals surface area contributed by atoms with Crippen LogP contribution in [-0.4, -0.2) is 17.3 Å². The number of methoxy groups -OCH3 is 1. The van der Waals surface area contributed by atoms with E-state index in [1.165, 1.54) is 0 Å². The van der Waals surface area contributed by atoms with Gasteiger partial charge in [0.1, 0.15) is 5.75 Å². The van der Waals surface area contributed by atoms with Gasteiger partial charge in [-0.1, -0.05) is 35.0 Å². The van der Waals surface area contributed by atoms with Gasteiger partial charge in [0.2, 0.25) is 5.82 Å². The fourth-order valence-electron chi connectivity index (χ4n) is 1.94. The molecule has 106 valence electrons. The fourth-order valence-corrected chi connectivity index (χ4v) is 2.11. The smallest absolute Gasteiger partial charge is 0.260 e. The summed E-state index contributed by atoms with van der Waals surface area (Å²) >= 11 is 6.00. The normalized spacial score (nSPS) is 10.6. The summed E-state index contributed by atoms with van der Waals surface area (Å²) in [5.74, 6) is 1.51. The van der Waals surface area contributed by atoms with Crippen LogP contribution >= 0.6 is 11.6 Å². The number of nitrogens with two attached hydrogens (primary N) is 1. The predicted molar refractivity (Wildman–Crippen MR) is 81.1 cm³/mol. The summed E-state index contributed by atoms with van der Waals surface area (Å²) in [6.07, 6.45) is 0. The molecule has 1 aromatic heterocycles. The SMILES string of the molecule is COc1cccc(-c2noc(-c3cccc(Cl)c3N)n2)c1. The number of para-hydroxylation sites is 1. The number of hydrogen-bond donors (Lipinski definition) is 1. The van der Waals surface area contributed by atoms with Crippen molar-refractivity contribution >= 4 is 17.3 Å². The van der Waals surface area contributed by atoms with Crippen molar-refractivity contribution in [2.75, 3.05) is 12.8 Å². The molecule has 0 aliphatic carbocycles. The van der Waals surface area contributed by atoms with Crippen LogP contribution < -0.4 is 10.5 Å². The predicted octanol–water partition coefficient (Wildman–Crippen LogP) is 3.65. The number of halogens is 1. The van der Waals surface area contributed by atoms with Crippen LogP contribution in [0.15, 0.2) is 47.0 Å². The van der Waals surface area contributed by atoms with Crippen molar-refractivity contribution in [3.63, 3.8) is 0 Å². The zero-order valence-electron chi connectivity index (χ0n) is 11.2. The van der Waals surface area contributed by atoms with Crippen molar-refractivity contribution < 1.29 is 9.26 Å². The van der Waals surface area contributed by atoms with Crippen molar-refractivity contribution in [2.45, 2.75) is 0 Å². The molecule has 0 amide bonds. The van der Waals surface area contributed by atoms with E-state index in [9.17, 15) is 0 Å². The maximum absolute atomic E-state index is 6.00. The number of hydrogen-bond acceptors (Lipinski definition) is 5. The van der Waals surface area contributed by atoms with Gasteiger partial charge in [-0.05, 0) is 24.3 Å². The number of benzene rings is 2. The highest BCUT2D eigenvalue weighted by Gasteiger charge is 2.14. The van der Waals surface area contributed by atoms with E-state index in [4.69, 9.17) is 26.6 Å². The van der Waals surface area contributed by atoms with Gasteiger partial charge in [0.25, 0.3) is 5.89 Å². The summed E-state index contributed by atoms with van der Waals surface area (Å²) in [6, 6.07) is 12.7. The van der Waals surface area contributed by atoms with Crippen LogP contribution in [0, 0.1) is 0 Å². The van der Waals surface area contributed by atoms with E-state index < -0.39 is 0 Å². The minimum Gasteiger partial charge on any atom is -0.497 e. The lowest BCUT2D eigenvalue weighted by Crippen LogP contribution is -1.91. The van der Waals surface area contributed by atoms with Gasteiger partial charge in [-0.25, -0.2) is 0 Å². The van der Waals surface area contributed by atoms with Crippen molar-refractivity contribution in [1.82, 2.24) is 10.1 Å². The summed E-state index contributed by atoms with van der Waals surface area (Å²) < 4.78 is 10.5. The molecule has 0 bridgehead atoms. The highest BCUT2D eigenvalue weighted by molar-refractivity contribution is 6.33. The van der Waals surface area contributed by atoms with Crippen LogP contribution in [0.4, 0.5) is 5.69 Å². The van der Waals surface area contributed by atoms with E-state index in [-0.39, 0.29) is 0 Å². The quantitative estimate of drug-likeness (QED) is 0.747. The van der Waals surface area contributed by atoms with Crippen molar-refractivity contribution in [1.29, 1.82) is 0 Å².